The van der Waals surface area contributed by atoms with E-state index >= 15 is 0 Å². The third kappa shape index (κ3) is 3.23. The van der Waals surface area contributed by atoms with Gasteiger partial charge in [0.05, 0.1) is 11.8 Å². The van der Waals surface area contributed by atoms with Gasteiger partial charge in [-0.25, -0.2) is 26.7 Å². The maximum Gasteiger partial charge on any atom is 0.336 e. The lowest BCUT2D eigenvalue weighted by Gasteiger charge is -2.16. The van der Waals surface area contributed by atoms with Gasteiger partial charge in [-0.1, -0.05) is 0 Å². The molecular formula is C10H11F2NO4S. The molecule has 0 fully saturated rings. The van der Waals surface area contributed by atoms with Gasteiger partial charge in [0.15, 0.2) is 11.6 Å². The highest BCUT2D eigenvalue weighted by Crippen LogP contribution is 2.24. The maximum absolute atomic E-state index is 13.6. The Morgan fingerprint density at radius 2 is 1.94 bits per heavy atom. The highest BCUT2D eigenvalue weighted by molar-refractivity contribution is 7.88. The van der Waals surface area contributed by atoms with Gasteiger partial charge in [0.25, 0.3) is 0 Å². The fraction of sp³-hybridized carbons (Fsp3) is 0.300. The predicted octanol–water partition coefficient (Wildman–Crippen LogP) is 1.27. The summed E-state index contributed by atoms with van der Waals surface area (Å²) in [6.45, 7) is 1.23. The van der Waals surface area contributed by atoms with Crippen LogP contribution >= 0.6 is 0 Å². The van der Waals surface area contributed by atoms with E-state index in [1.54, 1.807) is 0 Å². The molecule has 1 atom stereocenters. The number of sulfonamides is 1. The minimum absolute atomic E-state index is 0.488. The number of carbonyl (C=O) groups is 1. The van der Waals surface area contributed by atoms with Crippen LogP contribution in [0.2, 0.25) is 0 Å². The molecular weight excluding hydrogens is 268 g/mol. The van der Waals surface area contributed by atoms with Crippen LogP contribution < -0.4 is 4.72 Å². The van der Waals surface area contributed by atoms with E-state index in [9.17, 15) is 22.0 Å². The average molecular weight is 279 g/mol. The fourth-order valence-electron chi connectivity index (χ4n) is 1.56. The van der Waals surface area contributed by atoms with Crippen LogP contribution in [0, 0.1) is 11.6 Å². The smallest absolute Gasteiger partial charge is 0.336 e. The van der Waals surface area contributed by atoms with Crippen molar-refractivity contribution in [3.8, 4) is 0 Å². The van der Waals surface area contributed by atoms with Crippen molar-refractivity contribution in [1.82, 2.24) is 4.72 Å². The number of hydrogen-bond acceptors (Lipinski definition) is 3. The van der Waals surface area contributed by atoms with Crippen molar-refractivity contribution < 1.29 is 27.1 Å². The number of rotatable bonds is 4. The van der Waals surface area contributed by atoms with Crippen LogP contribution in [-0.4, -0.2) is 25.7 Å². The first-order valence-corrected chi connectivity index (χ1v) is 6.71. The fourth-order valence-corrected chi connectivity index (χ4v) is 2.32. The molecule has 18 heavy (non-hydrogen) atoms. The molecule has 100 valence electrons. The van der Waals surface area contributed by atoms with E-state index in [0.717, 1.165) is 12.3 Å². The molecule has 0 aliphatic carbocycles. The molecule has 0 amide bonds. The Balaban J connectivity index is 3.37. The zero-order chi connectivity index (χ0) is 14.1. The zero-order valence-corrected chi connectivity index (χ0v) is 10.4. The standard InChI is InChI=1S/C10H11F2NO4S/c1-5(13-18(2,16)17)8-6(10(14)15)3-4-7(11)9(8)12/h3-5,13H,1-2H3,(H,14,15). The van der Waals surface area contributed by atoms with E-state index in [2.05, 4.69) is 0 Å². The Morgan fingerprint density at radius 3 is 2.39 bits per heavy atom. The summed E-state index contributed by atoms with van der Waals surface area (Å²) in [5.41, 5.74) is -1.02. The topological polar surface area (TPSA) is 83.5 Å². The molecule has 0 heterocycles. The number of carboxylic acid groups (broad SMARTS) is 1. The van der Waals surface area contributed by atoms with Gasteiger partial charge in [0, 0.05) is 11.6 Å². The van der Waals surface area contributed by atoms with Crippen molar-refractivity contribution in [2.75, 3.05) is 6.26 Å². The Morgan fingerprint density at radius 1 is 1.39 bits per heavy atom. The van der Waals surface area contributed by atoms with Crippen molar-refractivity contribution in [3.63, 3.8) is 0 Å². The number of halogens is 2. The van der Waals surface area contributed by atoms with Crippen LogP contribution in [0.3, 0.4) is 0 Å². The summed E-state index contributed by atoms with van der Waals surface area (Å²) in [5.74, 6) is -4.08. The van der Waals surface area contributed by atoms with Gasteiger partial charge in [0.2, 0.25) is 10.0 Å². The quantitative estimate of drug-likeness (QED) is 0.869. The number of carboxylic acids is 1. The van der Waals surface area contributed by atoms with E-state index in [1.807, 2.05) is 4.72 Å². The Kier molecular flexibility index (Phi) is 4.02. The third-order valence-corrected chi connectivity index (χ3v) is 2.97. The molecule has 0 saturated heterocycles. The highest BCUT2D eigenvalue weighted by Gasteiger charge is 2.24. The minimum atomic E-state index is -3.68. The largest absolute Gasteiger partial charge is 0.478 e. The summed E-state index contributed by atoms with van der Waals surface area (Å²) >= 11 is 0. The Hall–Kier alpha value is -1.54. The molecule has 1 rings (SSSR count). The van der Waals surface area contributed by atoms with Gasteiger partial charge >= 0.3 is 5.97 Å². The van der Waals surface area contributed by atoms with Crippen LogP contribution in [0.15, 0.2) is 12.1 Å². The monoisotopic (exact) mass is 279 g/mol. The van der Waals surface area contributed by atoms with Gasteiger partial charge < -0.3 is 5.11 Å². The van der Waals surface area contributed by atoms with E-state index in [-0.39, 0.29) is 0 Å². The molecule has 0 aliphatic heterocycles. The van der Waals surface area contributed by atoms with Crippen LogP contribution in [0.25, 0.3) is 0 Å². The number of nitrogens with one attached hydrogen (secondary N) is 1. The summed E-state index contributed by atoms with van der Waals surface area (Å²) in [6, 6.07) is 0.369. The van der Waals surface area contributed by atoms with Gasteiger partial charge in [-0.2, -0.15) is 0 Å². The lowest BCUT2D eigenvalue weighted by molar-refractivity contribution is 0.0694. The summed E-state index contributed by atoms with van der Waals surface area (Å²) in [7, 11) is -3.68. The SMILES string of the molecule is CC(NS(C)(=O)=O)c1c(C(=O)O)ccc(F)c1F. The van der Waals surface area contributed by atoms with Crippen LogP contribution in [0.4, 0.5) is 8.78 Å². The molecule has 5 nitrogen and oxygen atoms in total. The van der Waals surface area contributed by atoms with Gasteiger partial charge in [0.1, 0.15) is 0 Å². The summed E-state index contributed by atoms with van der Waals surface area (Å²) < 4.78 is 50.7. The van der Waals surface area contributed by atoms with E-state index in [0.29, 0.717) is 6.07 Å². The molecule has 0 bridgehead atoms. The maximum atomic E-state index is 13.6. The van der Waals surface area contributed by atoms with Crippen molar-refractivity contribution in [2.45, 2.75) is 13.0 Å². The third-order valence-electron chi connectivity index (χ3n) is 2.19. The van der Waals surface area contributed by atoms with Gasteiger partial charge in [-0.15, -0.1) is 0 Å². The Bertz CT molecular complexity index is 586. The molecule has 0 aliphatic rings. The molecule has 0 aromatic heterocycles. The van der Waals surface area contributed by atoms with Gasteiger partial charge in [-0.3, -0.25) is 0 Å². The predicted molar refractivity (Wildman–Crippen MR) is 59.7 cm³/mol. The summed E-state index contributed by atoms with van der Waals surface area (Å²) in [5, 5.41) is 8.86. The number of aromatic carboxylic acids is 1. The van der Waals surface area contributed by atoms with E-state index in [4.69, 9.17) is 5.11 Å². The van der Waals surface area contributed by atoms with Crippen molar-refractivity contribution in [3.05, 3.63) is 34.9 Å². The molecule has 0 radical (unpaired) electrons. The normalized spacial score (nSPS) is 13.3. The Labute approximate surface area is 102 Å². The second-order valence-electron chi connectivity index (χ2n) is 3.74. The second-order valence-corrected chi connectivity index (χ2v) is 5.52. The molecule has 2 N–H and O–H groups in total. The van der Waals surface area contributed by atoms with E-state index in [1.165, 1.54) is 6.92 Å². The number of benzene rings is 1. The molecule has 1 aromatic carbocycles. The first kappa shape index (κ1) is 14.5. The minimum Gasteiger partial charge on any atom is -0.478 e. The molecule has 8 heteroatoms. The first-order chi connectivity index (χ1) is 8.13. The van der Waals surface area contributed by atoms with E-state index < -0.39 is 44.8 Å². The van der Waals surface area contributed by atoms with Crippen molar-refractivity contribution in [2.24, 2.45) is 0 Å². The highest BCUT2D eigenvalue weighted by atomic mass is 32.2. The lowest BCUT2D eigenvalue weighted by Crippen LogP contribution is -2.27. The molecule has 0 saturated carbocycles. The average Bonchev–Trinajstić information content (AvgIpc) is 2.18. The molecule has 1 aromatic rings. The molecule has 1 unspecified atom stereocenters. The van der Waals surface area contributed by atoms with Crippen LogP contribution in [-0.2, 0) is 10.0 Å². The van der Waals surface area contributed by atoms with Crippen molar-refractivity contribution in [1.29, 1.82) is 0 Å². The first-order valence-electron chi connectivity index (χ1n) is 4.82. The second kappa shape index (κ2) is 4.99. The van der Waals surface area contributed by atoms with Crippen LogP contribution in [0.1, 0.15) is 28.9 Å². The summed E-state index contributed by atoms with van der Waals surface area (Å²) in [6.07, 6.45) is 0.834. The van der Waals surface area contributed by atoms with Crippen LogP contribution in [0.5, 0.6) is 0 Å². The summed E-state index contributed by atoms with van der Waals surface area (Å²) in [4.78, 5) is 10.9. The lowest BCUT2D eigenvalue weighted by atomic mass is 10.0. The zero-order valence-electron chi connectivity index (χ0n) is 9.57. The van der Waals surface area contributed by atoms with Crippen molar-refractivity contribution >= 4 is 16.0 Å². The van der Waals surface area contributed by atoms with Gasteiger partial charge in [-0.05, 0) is 19.1 Å². The molecule has 0 spiro atoms. The number of hydrogen-bond donors (Lipinski definition) is 2.